The zero-order valence-corrected chi connectivity index (χ0v) is 12.5. The minimum atomic E-state index is 0.112. The van der Waals surface area contributed by atoms with E-state index in [2.05, 4.69) is 37.3 Å². The molecular weight excluding hydrogens is 359 g/mol. The van der Waals surface area contributed by atoms with Crippen LogP contribution in [-0.4, -0.2) is 23.9 Å². The number of halogens is 1. The molecule has 0 N–H and O–H groups in total. The van der Waals surface area contributed by atoms with Gasteiger partial charge in [-0.05, 0) is 0 Å². The van der Waals surface area contributed by atoms with Gasteiger partial charge in [-0.25, -0.2) is 0 Å². The second-order valence-electron chi connectivity index (χ2n) is 4.11. The summed E-state index contributed by atoms with van der Waals surface area (Å²) in [6.07, 6.45) is 0. The molecule has 0 atom stereocenters. The Kier molecular flexibility index (Phi) is 2.34. The molecule has 0 spiro atoms. The molecule has 0 radical (unpaired) electrons. The Hall–Kier alpha value is -1.16. The van der Waals surface area contributed by atoms with Crippen LogP contribution in [0.15, 0.2) is 34.8 Å². The van der Waals surface area contributed by atoms with Gasteiger partial charge in [0.2, 0.25) is 0 Å². The van der Waals surface area contributed by atoms with E-state index in [-0.39, 0.29) is 14.7 Å². The quantitative estimate of drug-likeness (QED) is 0.574. The molecular formula is C13H7BrN2OSe. The Labute approximate surface area is 118 Å². The van der Waals surface area contributed by atoms with Crippen LogP contribution in [0.3, 0.4) is 0 Å². The molecule has 0 fully saturated rings. The maximum atomic E-state index is 5.81. The molecule has 2 aromatic carbocycles. The van der Waals surface area contributed by atoms with Crippen molar-refractivity contribution in [1.82, 2.24) is 9.19 Å². The van der Waals surface area contributed by atoms with Crippen LogP contribution in [0.4, 0.5) is 0 Å². The topological polar surface area (TPSA) is 35.0 Å². The molecule has 0 saturated heterocycles. The van der Waals surface area contributed by atoms with Crippen LogP contribution >= 0.6 is 15.9 Å². The summed E-state index contributed by atoms with van der Waals surface area (Å²) < 4.78 is 12.3. The third-order valence-corrected chi connectivity index (χ3v) is 5.27. The van der Waals surface area contributed by atoms with E-state index in [9.17, 15) is 0 Å². The average molecular weight is 366 g/mol. The number of hydrogen-bond acceptors (Lipinski definition) is 3. The summed E-state index contributed by atoms with van der Waals surface area (Å²) in [5.74, 6) is 0.913. The molecule has 5 heteroatoms. The molecule has 1 aromatic heterocycles. The fourth-order valence-corrected chi connectivity index (χ4v) is 3.98. The summed E-state index contributed by atoms with van der Waals surface area (Å²) in [6, 6.07) is 10.3. The Bertz CT molecular complexity index is 769. The Morgan fingerprint density at radius 3 is 3.06 bits per heavy atom. The van der Waals surface area contributed by atoms with Gasteiger partial charge in [0, 0.05) is 0 Å². The fourth-order valence-electron chi connectivity index (χ4n) is 2.30. The van der Waals surface area contributed by atoms with Crippen LogP contribution in [-0.2, 0) is 6.61 Å². The first kappa shape index (κ1) is 10.7. The van der Waals surface area contributed by atoms with E-state index < -0.39 is 0 Å². The van der Waals surface area contributed by atoms with Crippen LogP contribution in [0, 0.1) is 0 Å². The van der Waals surface area contributed by atoms with Crippen molar-refractivity contribution in [1.29, 1.82) is 0 Å². The van der Waals surface area contributed by atoms with Crippen molar-refractivity contribution < 1.29 is 4.74 Å². The first-order chi connectivity index (χ1) is 8.84. The van der Waals surface area contributed by atoms with Crippen LogP contribution < -0.4 is 4.74 Å². The van der Waals surface area contributed by atoms with Gasteiger partial charge < -0.3 is 0 Å². The van der Waals surface area contributed by atoms with Gasteiger partial charge in [-0.2, -0.15) is 0 Å². The number of ether oxygens (including phenoxy) is 1. The third-order valence-electron chi connectivity index (χ3n) is 3.12. The zero-order valence-electron chi connectivity index (χ0n) is 9.18. The molecule has 3 nitrogen and oxygen atoms in total. The molecule has 1 aliphatic rings. The predicted molar refractivity (Wildman–Crippen MR) is 73.9 cm³/mol. The van der Waals surface area contributed by atoms with Crippen molar-refractivity contribution in [3.05, 3.63) is 39.2 Å². The standard InChI is InChI=1S/C13H7BrN2OSe/c14-9-3-1-2-8-7(9)4-5-10-12(8)13-11(6-17-10)18-16-15-13/h1-5H,6H2. The van der Waals surface area contributed by atoms with Crippen molar-refractivity contribution in [3.8, 4) is 17.0 Å². The fraction of sp³-hybridized carbons (Fsp3) is 0.0769. The van der Waals surface area contributed by atoms with Crippen LogP contribution in [0.1, 0.15) is 4.44 Å². The Balaban J connectivity index is 2.17. The molecule has 0 amide bonds. The van der Waals surface area contributed by atoms with E-state index in [0.717, 1.165) is 21.5 Å². The molecule has 0 saturated carbocycles. The molecule has 0 unspecified atom stereocenters. The first-order valence-electron chi connectivity index (χ1n) is 5.50. The summed E-state index contributed by atoms with van der Waals surface area (Å²) in [5, 5.41) is 6.67. The van der Waals surface area contributed by atoms with Gasteiger partial charge in [-0.3, -0.25) is 0 Å². The second-order valence-corrected chi connectivity index (χ2v) is 6.72. The summed E-state index contributed by atoms with van der Waals surface area (Å²) >= 11 is 3.70. The van der Waals surface area contributed by atoms with Crippen LogP contribution in [0.25, 0.3) is 22.0 Å². The van der Waals surface area contributed by atoms with Crippen molar-refractivity contribution in [2.75, 3.05) is 0 Å². The van der Waals surface area contributed by atoms with Gasteiger partial charge in [0.15, 0.2) is 0 Å². The van der Waals surface area contributed by atoms with Crippen molar-refractivity contribution in [3.63, 3.8) is 0 Å². The minimum absolute atomic E-state index is 0.112. The van der Waals surface area contributed by atoms with E-state index in [1.54, 1.807) is 0 Å². The molecule has 3 aromatic rings. The van der Waals surface area contributed by atoms with E-state index in [1.807, 2.05) is 18.2 Å². The number of aromatic nitrogens is 2. The van der Waals surface area contributed by atoms with Crippen molar-refractivity contribution in [2.24, 2.45) is 0 Å². The Morgan fingerprint density at radius 1 is 1.17 bits per heavy atom. The molecule has 0 bridgehead atoms. The second kappa shape index (κ2) is 3.92. The van der Waals surface area contributed by atoms with E-state index in [4.69, 9.17) is 4.74 Å². The summed E-state index contributed by atoms with van der Waals surface area (Å²) in [6.45, 7) is 0.634. The number of nitrogens with zero attached hydrogens (tertiary/aromatic N) is 2. The molecule has 4 rings (SSSR count). The maximum absolute atomic E-state index is 5.81. The number of benzene rings is 2. The normalized spacial score (nSPS) is 12.9. The molecule has 1 aliphatic heterocycles. The van der Waals surface area contributed by atoms with Gasteiger partial charge in [0.1, 0.15) is 0 Å². The Morgan fingerprint density at radius 2 is 2.11 bits per heavy atom. The summed E-state index contributed by atoms with van der Waals surface area (Å²) in [4.78, 5) is 0. The van der Waals surface area contributed by atoms with E-state index in [0.29, 0.717) is 6.61 Å². The van der Waals surface area contributed by atoms with Gasteiger partial charge in [0.05, 0.1) is 0 Å². The molecule has 88 valence electrons. The number of rotatable bonds is 0. The van der Waals surface area contributed by atoms with Crippen molar-refractivity contribution >= 4 is 41.4 Å². The van der Waals surface area contributed by atoms with Crippen molar-refractivity contribution in [2.45, 2.75) is 6.61 Å². The average Bonchev–Trinajstić information content (AvgIpc) is 2.86. The van der Waals surface area contributed by atoms with Crippen LogP contribution in [0.2, 0.25) is 0 Å². The van der Waals surface area contributed by atoms with E-state index >= 15 is 0 Å². The predicted octanol–water partition coefficient (Wildman–Crippen LogP) is 3.01. The summed E-state index contributed by atoms with van der Waals surface area (Å²) in [7, 11) is 0. The van der Waals surface area contributed by atoms with Gasteiger partial charge >= 0.3 is 118 Å². The van der Waals surface area contributed by atoms with Gasteiger partial charge in [-0.15, -0.1) is 0 Å². The monoisotopic (exact) mass is 366 g/mol. The third kappa shape index (κ3) is 1.41. The number of hydrogen-bond donors (Lipinski definition) is 0. The molecule has 2 heterocycles. The summed E-state index contributed by atoms with van der Waals surface area (Å²) in [5.41, 5.74) is 2.12. The van der Waals surface area contributed by atoms with Gasteiger partial charge in [-0.1, -0.05) is 0 Å². The molecule has 0 aliphatic carbocycles. The van der Waals surface area contributed by atoms with Gasteiger partial charge in [0.25, 0.3) is 0 Å². The van der Waals surface area contributed by atoms with E-state index in [1.165, 1.54) is 15.2 Å². The zero-order chi connectivity index (χ0) is 12.1. The first-order valence-corrected chi connectivity index (χ1v) is 7.92. The SMILES string of the molecule is Brc1cccc2c3c(ccc12)OCc1[se]nnc1-3. The number of fused-ring (bicyclic) bond motifs is 5. The molecule has 18 heavy (non-hydrogen) atoms. The van der Waals surface area contributed by atoms with Crippen LogP contribution in [0.5, 0.6) is 5.75 Å².